The van der Waals surface area contributed by atoms with E-state index in [1.54, 1.807) is 31.4 Å². The van der Waals surface area contributed by atoms with E-state index in [1.807, 2.05) is 30.3 Å². The van der Waals surface area contributed by atoms with Gasteiger partial charge in [0.25, 0.3) is 0 Å². The number of carbonyl (C=O) groups is 2. The van der Waals surface area contributed by atoms with E-state index in [2.05, 4.69) is 21.7 Å². The second-order valence-corrected chi connectivity index (χ2v) is 9.36. The summed E-state index contributed by atoms with van der Waals surface area (Å²) in [7, 11) is 3.15. The van der Waals surface area contributed by atoms with Gasteiger partial charge in [-0.2, -0.15) is 5.26 Å². The fourth-order valence-corrected chi connectivity index (χ4v) is 5.25. The number of nitriles is 1. The number of hydrogen-bond acceptors (Lipinski definition) is 7. The minimum atomic E-state index is -0.188. The van der Waals surface area contributed by atoms with Crippen LogP contribution in [0.15, 0.2) is 42.6 Å². The van der Waals surface area contributed by atoms with Crippen molar-refractivity contribution in [3.63, 3.8) is 0 Å². The molecule has 0 bridgehead atoms. The summed E-state index contributed by atoms with van der Waals surface area (Å²) < 4.78 is 10.4. The van der Waals surface area contributed by atoms with Gasteiger partial charge >= 0.3 is 6.03 Å². The Morgan fingerprint density at radius 1 is 1.19 bits per heavy atom. The monoisotopic (exact) mass is 505 g/mol. The number of fused-ring (bicyclic) bond motifs is 1. The maximum absolute atomic E-state index is 12.8. The first-order chi connectivity index (χ1) is 17.5. The molecule has 0 unspecified atom stereocenters. The number of carbonyl (C=O) groups excluding carboxylic acids is 2. The number of rotatable bonds is 8. The molecule has 0 aliphatic carbocycles. The van der Waals surface area contributed by atoms with Crippen LogP contribution in [0, 0.1) is 11.3 Å². The van der Waals surface area contributed by atoms with Gasteiger partial charge in [-0.25, -0.2) is 9.78 Å². The molecule has 0 saturated carbocycles. The van der Waals surface area contributed by atoms with Crippen LogP contribution in [0.1, 0.15) is 33.6 Å². The minimum Gasteiger partial charge on any atom is -0.497 e. The summed E-state index contributed by atoms with van der Waals surface area (Å²) in [6.45, 7) is 1.23. The predicted octanol–water partition coefficient (Wildman–Crippen LogP) is 3.87. The topological polar surface area (TPSA) is 117 Å². The zero-order valence-corrected chi connectivity index (χ0v) is 21.0. The molecular formula is C26H27N5O4S. The van der Waals surface area contributed by atoms with Crippen molar-refractivity contribution in [1.29, 1.82) is 5.26 Å². The number of aromatic nitrogens is 1. The summed E-state index contributed by atoms with van der Waals surface area (Å²) in [5.41, 5.74) is 3.29. The summed E-state index contributed by atoms with van der Waals surface area (Å²) >= 11 is 1.36. The Kier molecular flexibility index (Phi) is 8.02. The first kappa shape index (κ1) is 25.0. The lowest BCUT2D eigenvalue weighted by molar-refractivity contribution is -0.116. The molecule has 1 aromatic carbocycles. The fourth-order valence-electron chi connectivity index (χ4n) is 4.02. The molecule has 2 N–H and O–H groups in total. The van der Waals surface area contributed by atoms with Crippen LogP contribution in [0.3, 0.4) is 0 Å². The van der Waals surface area contributed by atoms with Gasteiger partial charge in [-0.05, 0) is 47.7 Å². The first-order valence-electron chi connectivity index (χ1n) is 11.5. The Morgan fingerprint density at radius 3 is 2.83 bits per heavy atom. The summed E-state index contributed by atoms with van der Waals surface area (Å²) in [4.78, 5) is 32.1. The van der Waals surface area contributed by atoms with Crippen molar-refractivity contribution in [1.82, 2.24) is 15.2 Å². The molecule has 1 aliphatic heterocycles. The van der Waals surface area contributed by atoms with Crippen molar-refractivity contribution in [2.75, 3.05) is 26.1 Å². The highest BCUT2D eigenvalue weighted by Crippen LogP contribution is 2.36. The van der Waals surface area contributed by atoms with Crippen molar-refractivity contribution >= 4 is 28.3 Å². The van der Waals surface area contributed by atoms with Gasteiger partial charge in [0.05, 0.1) is 26.3 Å². The predicted molar refractivity (Wildman–Crippen MR) is 136 cm³/mol. The Labute approximate surface area is 213 Å². The smallest absolute Gasteiger partial charge is 0.318 e. The number of hydrogen-bond donors (Lipinski definition) is 2. The molecule has 3 heterocycles. The number of aryl methyl sites for hydroxylation is 1. The molecule has 0 atom stereocenters. The molecule has 3 aromatic rings. The molecule has 0 saturated heterocycles. The maximum Gasteiger partial charge on any atom is 0.318 e. The first-order valence-corrected chi connectivity index (χ1v) is 12.3. The third-order valence-corrected chi connectivity index (χ3v) is 7.07. The molecule has 9 nitrogen and oxygen atoms in total. The number of thiophene rings is 1. The van der Waals surface area contributed by atoms with E-state index in [0.29, 0.717) is 48.9 Å². The Balaban J connectivity index is 1.36. The normalized spacial score (nSPS) is 12.3. The third-order valence-electron chi connectivity index (χ3n) is 5.94. The van der Waals surface area contributed by atoms with Gasteiger partial charge in [0.2, 0.25) is 11.8 Å². The van der Waals surface area contributed by atoms with Crippen molar-refractivity contribution in [3.05, 3.63) is 69.7 Å². The van der Waals surface area contributed by atoms with Crippen LogP contribution in [0.5, 0.6) is 11.6 Å². The number of amides is 3. The summed E-state index contributed by atoms with van der Waals surface area (Å²) in [5, 5.41) is 16.1. The van der Waals surface area contributed by atoms with Gasteiger partial charge in [-0.15, -0.1) is 11.3 Å². The highest BCUT2D eigenvalue weighted by Gasteiger charge is 2.27. The Bertz CT molecular complexity index is 1300. The molecule has 36 heavy (non-hydrogen) atoms. The molecule has 0 radical (unpaired) electrons. The number of nitrogens with zero attached hydrogens (tertiary/aromatic N) is 3. The second-order valence-electron chi connectivity index (χ2n) is 8.26. The SMILES string of the molecule is COc1cccc(CCC(=O)Nc2sc3c(c2C#N)CCN(C(=O)NCc2ccnc(OC)c2)C3)c1. The van der Waals surface area contributed by atoms with Crippen molar-refractivity contribution in [2.45, 2.75) is 32.4 Å². The number of urea groups is 1. The summed E-state index contributed by atoms with van der Waals surface area (Å²) in [6.07, 6.45) is 3.04. The molecule has 1 aliphatic rings. The average molecular weight is 506 g/mol. The number of pyridine rings is 1. The van der Waals surface area contributed by atoms with Gasteiger partial charge in [0.1, 0.15) is 16.8 Å². The third kappa shape index (κ3) is 5.93. The molecular weight excluding hydrogens is 478 g/mol. The van der Waals surface area contributed by atoms with Crippen LogP contribution < -0.4 is 20.1 Å². The van der Waals surface area contributed by atoms with E-state index in [4.69, 9.17) is 9.47 Å². The van der Waals surface area contributed by atoms with E-state index in [-0.39, 0.29) is 18.4 Å². The molecule has 3 amide bonds. The van der Waals surface area contributed by atoms with Crippen LogP contribution in [0.25, 0.3) is 0 Å². The van der Waals surface area contributed by atoms with E-state index in [1.165, 1.54) is 11.3 Å². The van der Waals surface area contributed by atoms with Gasteiger partial charge in [0, 0.05) is 36.7 Å². The molecule has 4 rings (SSSR count). The van der Waals surface area contributed by atoms with Gasteiger partial charge < -0.3 is 25.0 Å². The number of methoxy groups -OCH3 is 2. The van der Waals surface area contributed by atoms with E-state index in [0.717, 1.165) is 27.3 Å². The highest BCUT2D eigenvalue weighted by atomic mass is 32.1. The Hall–Kier alpha value is -4.10. The van der Waals surface area contributed by atoms with Crippen molar-refractivity contribution in [3.8, 4) is 17.7 Å². The van der Waals surface area contributed by atoms with Gasteiger partial charge in [-0.3, -0.25) is 4.79 Å². The lowest BCUT2D eigenvalue weighted by Crippen LogP contribution is -2.42. The summed E-state index contributed by atoms with van der Waals surface area (Å²) in [6, 6.07) is 13.3. The second kappa shape index (κ2) is 11.6. The number of anilines is 1. The number of nitrogens with one attached hydrogen (secondary N) is 2. The summed E-state index contributed by atoms with van der Waals surface area (Å²) in [5.74, 6) is 1.08. The largest absolute Gasteiger partial charge is 0.497 e. The standard InChI is InChI=1S/C26H27N5O4S/c1-34-19-5-3-4-17(12-19)6-7-23(32)30-25-21(14-27)20-9-11-31(16-22(20)36-25)26(33)29-15-18-8-10-28-24(13-18)35-2/h3-5,8,10,12-13H,6-7,9,11,15-16H2,1-2H3,(H,29,33)(H,30,32). The number of benzene rings is 1. The van der Waals surface area contributed by atoms with Crippen LogP contribution >= 0.6 is 11.3 Å². The quantitative estimate of drug-likeness (QED) is 0.480. The molecule has 0 fully saturated rings. The lowest BCUT2D eigenvalue weighted by Gasteiger charge is -2.27. The van der Waals surface area contributed by atoms with Gasteiger partial charge in [0.15, 0.2) is 0 Å². The lowest BCUT2D eigenvalue weighted by atomic mass is 10.0. The van der Waals surface area contributed by atoms with E-state index < -0.39 is 0 Å². The maximum atomic E-state index is 12.8. The van der Waals surface area contributed by atoms with Crippen LogP contribution in [0.4, 0.5) is 9.80 Å². The highest BCUT2D eigenvalue weighted by molar-refractivity contribution is 7.16. The van der Waals surface area contributed by atoms with Gasteiger partial charge in [-0.1, -0.05) is 12.1 Å². The zero-order chi connectivity index (χ0) is 25.5. The molecule has 10 heteroatoms. The molecule has 0 spiro atoms. The molecule has 186 valence electrons. The van der Waals surface area contributed by atoms with Crippen molar-refractivity contribution in [2.24, 2.45) is 0 Å². The fraction of sp³-hybridized carbons (Fsp3) is 0.308. The molecule has 2 aromatic heterocycles. The van der Waals surface area contributed by atoms with Crippen LogP contribution in [0.2, 0.25) is 0 Å². The van der Waals surface area contributed by atoms with Crippen molar-refractivity contribution < 1.29 is 19.1 Å². The minimum absolute atomic E-state index is 0.157. The Morgan fingerprint density at radius 2 is 2.06 bits per heavy atom. The van der Waals surface area contributed by atoms with E-state index in [9.17, 15) is 14.9 Å². The van der Waals surface area contributed by atoms with Crippen LogP contribution in [-0.2, 0) is 30.7 Å². The zero-order valence-electron chi connectivity index (χ0n) is 20.2. The average Bonchev–Trinajstić information content (AvgIpc) is 3.26. The number of ether oxygens (including phenoxy) is 2. The van der Waals surface area contributed by atoms with Crippen LogP contribution in [-0.4, -0.2) is 42.6 Å². The van der Waals surface area contributed by atoms with E-state index >= 15 is 0 Å².